The van der Waals surface area contributed by atoms with Crippen molar-refractivity contribution in [3.05, 3.63) is 81.1 Å². The Kier molecular flexibility index (Phi) is 6.99. The normalized spacial score (nSPS) is 11.0. The minimum Gasteiger partial charge on any atom is -0.482 e. The summed E-state index contributed by atoms with van der Waals surface area (Å²) in [6.45, 7) is 3.44. The molecule has 0 saturated carbocycles. The molecule has 31 heavy (non-hydrogen) atoms. The average Bonchev–Trinajstić information content (AvgIpc) is 3.00. The Labute approximate surface area is 188 Å². The molecule has 7 nitrogen and oxygen atoms in total. The van der Waals surface area contributed by atoms with Gasteiger partial charge in [-0.05, 0) is 50.2 Å². The number of hydrogen-bond donors (Lipinski definition) is 2. The van der Waals surface area contributed by atoms with Crippen LogP contribution in [0.4, 0.5) is 0 Å². The van der Waals surface area contributed by atoms with Gasteiger partial charge in [-0.25, -0.2) is 10.2 Å². The first kappa shape index (κ1) is 22.4. The number of halogens is 2. The second-order valence-corrected chi connectivity index (χ2v) is 7.48. The van der Waals surface area contributed by atoms with Gasteiger partial charge in [-0.3, -0.25) is 4.79 Å². The van der Waals surface area contributed by atoms with Crippen LogP contribution in [0.25, 0.3) is 5.69 Å². The molecule has 0 atom stereocenters. The minimum atomic E-state index is -1.01. The highest BCUT2D eigenvalue weighted by molar-refractivity contribution is 6.35. The van der Waals surface area contributed by atoms with Crippen molar-refractivity contribution in [2.75, 3.05) is 6.61 Å². The molecule has 2 N–H and O–H groups in total. The second-order valence-electron chi connectivity index (χ2n) is 6.64. The van der Waals surface area contributed by atoms with Crippen LogP contribution in [0, 0.1) is 13.8 Å². The van der Waals surface area contributed by atoms with Gasteiger partial charge in [0.25, 0.3) is 5.91 Å². The summed E-state index contributed by atoms with van der Waals surface area (Å²) in [6.07, 6.45) is 1.50. The third-order valence-electron chi connectivity index (χ3n) is 4.49. The average molecular weight is 460 g/mol. The van der Waals surface area contributed by atoms with E-state index in [0.29, 0.717) is 21.5 Å². The number of carboxylic acids is 1. The van der Waals surface area contributed by atoms with Crippen molar-refractivity contribution in [3.8, 4) is 11.4 Å². The van der Waals surface area contributed by atoms with Crippen LogP contribution in [0.15, 0.2) is 53.6 Å². The molecule has 0 saturated heterocycles. The van der Waals surface area contributed by atoms with Crippen molar-refractivity contribution in [3.63, 3.8) is 0 Å². The van der Waals surface area contributed by atoms with E-state index in [1.807, 2.05) is 24.5 Å². The summed E-state index contributed by atoms with van der Waals surface area (Å²) >= 11 is 11.8. The van der Waals surface area contributed by atoms with Crippen LogP contribution in [0.1, 0.15) is 27.3 Å². The van der Waals surface area contributed by atoms with Crippen LogP contribution in [-0.2, 0) is 4.79 Å². The molecule has 0 fully saturated rings. The Balaban J connectivity index is 1.69. The van der Waals surface area contributed by atoms with Gasteiger partial charge in [0.05, 0.1) is 22.5 Å². The molecule has 1 amide bonds. The number of hydrazone groups is 1. The van der Waals surface area contributed by atoms with E-state index in [9.17, 15) is 14.7 Å². The van der Waals surface area contributed by atoms with Crippen molar-refractivity contribution in [2.45, 2.75) is 13.8 Å². The monoisotopic (exact) mass is 459 g/mol. The summed E-state index contributed by atoms with van der Waals surface area (Å²) in [5, 5.41) is 14.2. The Morgan fingerprint density at radius 2 is 1.90 bits per heavy atom. The summed E-state index contributed by atoms with van der Waals surface area (Å²) in [6, 6.07) is 13.3. The second kappa shape index (κ2) is 9.68. The van der Waals surface area contributed by atoms with E-state index < -0.39 is 11.9 Å². The zero-order valence-corrected chi connectivity index (χ0v) is 18.2. The summed E-state index contributed by atoms with van der Waals surface area (Å²) in [7, 11) is 0. The highest BCUT2D eigenvalue weighted by Crippen LogP contribution is 2.27. The van der Waals surface area contributed by atoms with Crippen LogP contribution in [0.3, 0.4) is 0 Å². The first-order chi connectivity index (χ1) is 14.8. The van der Waals surface area contributed by atoms with Crippen molar-refractivity contribution < 1.29 is 19.4 Å². The standard InChI is InChI=1S/C22H19Cl2N3O4/c1-13-9-15(14(2)27(13)19-6-4-3-5-17(19)22(29)30)11-25-26-21(28)12-31-20-8-7-16(23)10-18(20)24/h3-11H,12H2,1-2H3,(H,26,28)(H,29,30)/b25-11+. The van der Waals surface area contributed by atoms with Gasteiger partial charge in [0.15, 0.2) is 6.61 Å². The number of rotatable bonds is 7. The third-order valence-corrected chi connectivity index (χ3v) is 5.02. The summed E-state index contributed by atoms with van der Waals surface area (Å²) in [5.74, 6) is -1.13. The van der Waals surface area contributed by atoms with E-state index in [0.717, 1.165) is 17.0 Å². The topological polar surface area (TPSA) is 92.9 Å². The van der Waals surface area contributed by atoms with Crippen LogP contribution >= 0.6 is 23.2 Å². The fraction of sp³-hybridized carbons (Fsp3) is 0.136. The molecule has 0 aliphatic carbocycles. The molecular weight excluding hydrogens is 441 g/mol. The highest BCUT2D eigenvalue weighted by Gasteiger charge is 2.16. The molecule has 9 heteroatoms. The van der Waals surface area contributed by atoms with E-state index in [4.69, 9.17) is 27.9 Å². The van der Waals surface area contributed by atoms with E-state index in [1.165, 1.54) is 12.3 Å². The summed E-state index contributed by atoms with van der Waals surface area (Å²) in [5.41, 5.74) is 5.50. The number of aromatic nitrogens is 1. The Bertz CT molecular complexity index is 1170. The van der Waals surface area contributed by atoms with E-state index in [1.54, 1.807) is 36.4 Å². The molecule has 3 aromatic rings. The SMILES string of the molecule is Cc1cc(/C=N/NC(=O)COc2ccc(Cl)cc2Cl)c(C)n1-c1ccccc1C(=O)O. The maximum atomic E-state index is 12.0. The number of carbonyl (C=O) groups is 2. The number of nitrogens with one attached hydrogen (secondary N) is 1. The fourth-order valence-corrected chi connectivity index (χ4v) is 3.54. The molecule has 0 bridgehead atoms. The van der Waals surface area contributed by atoms with E-state index in [2.05, 4.69) is 10.5 Å². The predicted molar refractivity (Wildman–Crippen MR) is 120 cm³/mol. The quantitative estimate of drug-likeness (QED) is 0.397. The lowest BCUT2D eigenvalue weighted by Crippen LogP contribution is -2.24. The van der Waals surface area contributed by atoms with Crippen molar-refractivity contribution in [2.24, 2.45) is 5.10 Å². The molecule has 0 aliphatic heterocycles. The van der Waals surface area contributed by atoms with E-state index >= 15 is 0 Å². The third kappa shape index (κ3) is 5.25. The lowest BCUT2D eigenvalue weighted by molar-refractivity contribution is -0.123. The maximum absolute atomic E-state index is 12.0. The smallest absolute Gasteiger partial charge is 0.337 e. The molecule has 3 rings (SSSR count). The van der Waals surface area contributed by atoms with Gasteiger partial charge < -0.3 is 14.4 Å². The van der Waals surface area contributed by atoms with Crippen molar-refractivity contribution >= 4 is 41.3 Å². The first-order valence-corrected chi connectivity index (χ1v) is 9.95. The summed E-state index contributed by atoms with van der Waals surface area (Å²) in [4.78, 5) is 23.6. The van der Waals surface area contributed by atoms with E-state index in [-0.39, 0.29) is 12.2 Å². The molecule has 0 aliphatic rings. The zero-order chi connectivity index (χ0) is 22.5. The van der Waals surface area contributed by atoms with Crippen LogP contribution in [0.5, 0.6) is 5.75 Å². The lowest BCUT2D eigenvalue weighted by atomic mass is 10.1. The van der Waals surface area contributed by atoms with Gasteiger partial charge in [-0.2, -0.15) is 5.10 Å². The minimum absolute atomic E-state index is 0.194. The molecule has 160 valence electrons. The maximum Gasteiger partial charge on any atom is 0.337 e. The lowest BCUT2D eigenvalue weighted by Gasteiger charge is -2.12. The Morgan fingerprint density at radius 3 is 2.61 bits per heavy atom. The number of carbonyl (C=O) groups excluding carboxylic acids is 1. The largest absolute Gasteiger partial charge is 0.482 e. The van der Waals surface area contributed by atoms with Gasteiger partial charge in [0.2, 0.25) is 0 Å². The number of benzene rings is 2. The first-order valence-electron chi connectivity index (χ1n) is 9.19. The molecule has 0 spiro atoms. The van der Waals surface area contributed by atoms with Gasteiger partial charge in [-0.15, -0.1) is 0 Å². The number of carboxylic acid groups (broad SMARTS) is 1. The Hall–Kier alpha value is -3.29. The van der Waals surface area contributed by atoms with Crippen LogP contribution in [-0.4, -0.2) is 34.4 Å². The van der Waals surface area contributed by atoms with Crippen molar-refractivity contribution in [1.82, 2.24) is 9.99 Å². The zero-order valence-electron chi connectivity index (χ0n) is 16.7. The number of hydrogen-bond acceptors (Lipinski definition) is 4. The fourth-order valence-electron chi connectivity index (χ4n) is 3.08. The molecule has 1 heterocycles. The molecule has 0 unspecified atom stereocenters. The molecular formula is C22H19Cl2N3O4. The van der Waals surface area contributed by atoms with Crippen LogP contribution in [0.2, 0.25) is 10.0 Å². The number of nitrogens with zero attached hydrogens (tertiary/aromatic N) is 2. The molecule has 0 radical (unpaired) electrons. The van der Waals surface area contributed by atoms with Gasteiger partial charge in [-0.1, -0.05) is 35.3 Å². The predicted octanol–water partition coefficient (Wildman–Crippen LogP) is 4.63. The molecule has 2 aromatic carbocycles. The van der Waals surface area contributed by atoms with Crippen molar-refractivity contribution in [1.29, 1.82) is 0 Å². The number of aryl methyl sites for hydroxylation is 1. The number of para-hydroxylation sites is 1. The Morgan fingerprint density at radius 1 is 1.16 bits per heavy atom. The summed E-state index contributed by atoms with van der Waals surface area (Å²) < 4.78 is 7.19. The van der Waals surface area contributed by atoms with Gasteiger partial charge in [0.1, 0.15) is 5.75 Å². The van der Waals surface area contributed by atoms with Gasteiger partial charge >= 0.3 is 5.97 Å². The highest BCUT2D eigenvalue weighted by atomic mass is 35.5. The van der Waals surface area contributed by atoms with Crippen LogP contribution < -0.4 is 10.2 Å². The number of aromatic carboxylic acids is 1. The molecule has 1 aromatic heterocycles. The number of amides is 1. The van der Waals surface area contributed by atoms with Gasteiger partial charge in [0, 0.05) is 22.0 Å². The number of ether oxygens (including phenoxy) is 1.